The summed E-state index contributed by atoms with van der Waals surface area (Å²) in [6.45, 7) is 2.78. The molecule has 0 unspecified atom stereocenters. The summed E-state index contributed by atoms with van der Waals surface area (Å²) in [6.07, 6.45) is -0.0317. The van der Waals surface area contributed by atoms with E-state index < -0.39 is 121 Å². The molecule has 0 saturated carbocycles. The predicted octanol–water partition coefficient (Wildman–Crippen LogP) is -1.54. The van der Waals surface area contributed by atoms with Gasteiger partial charge in [-0.15, -0.1) is 0 Å². The second-order valence-electron chi connectivity index (χ2n) is 19.1. The first kappa shape index (κ1) is 65.7. The van der Waals surface area contributed by atoms with Gasteiger partial charge in [-0.2, -0.15) is 0 Å². The molecule has 10 amide bonds. The Morgan fingerprint density at radius 1 is 0.600 bits per heavy atom. The highest BCUT2D eigenvalue weighted by Gasteiger charge is 2.40. The van der Waals surface area contributed by atoms with E-state index in [1.54, 1.807) is 84.9 Å². The second-order valence-corrected chi connectivity index (χ2v) is 19.1. The van der Waals surface area contributed by atoms with Crippen LogP contribution in [-0.2, 0) is 67.2 Å². The van der Waals surface area contributed by atoms with E-state index in [1.165, 1.54) is 4.90 Å². The number of guanidine groups is 1. The van der Waals surface area contributed by atoms with Gasteiger partial charge in [-0.1, -0.05) is 80.2 Å². The van der Waals surface area contributed by atoms with Crippen LogP contribution < -0.4 is 71.0 Å². The van der Waals surface area contributed by atoms with Crippen LogP contribution in [0.15, 0.2) is 89.9 Å². The van der Waals surface area contributed by atoms with E-state index in [0.717, 1.165) is 0 Å². The number of hydrogen-bond acceptors (Lipinski definition) is 13. The Balaban J connectivity index is 0.0000168. The van der Waals surface area contributed by atoms with Crippen molar-refractivity contribution in [1.29, 1.82) is 0 Å². The first-order valence-electron chi connectivity index (χ1n) is 26.3. The molecule has 0 aromatic heterocycles. The molecule has 25 heteroatoms. The van der Waals surface area contributed by atoms with Crippen LogP contribution in [0.2, 0.25) is 0 Å². The van der Waals surface area contributed by atoms with Crippen molar-refractivity contribution >= 4 is 65.0 Å². The lowest BCUT2D eigenvalue weighted by molar-refractivity contribution is -0.142. The zero-order valence-electron chi connectivity index (χ0n) is 44.5. The number of nitrogens with zero attached hydrogens (tertiary/aromatic N) is 2. The van der Waals surface area contributed by atoms with Crippen molar-refractivity contribution in [2.75, 3.05) is 26.2 Å². The maximum Gasteiger partial charge on any atom is 0.245 e. The van der Waals surface area contributed by atoms with Crippen LogP contribution in [0.25, 0.3) is 0 Å². The first-order valence-corrected chi connectivity index (χ1v) is 26.3. The molecular formula is C55H80N14O11. The van der Waals surface area contributed by atoms with Gasteiger partial charge in [0, 0.05) is 32.4 Å². The van der Waals surface area contributed by atoms with Crippen LogP contribution in [0.3, 0.4) is 0 Å². The monoisotopic (exact) mass is 1110 g/mol. The predicted molar refractivity (Wildman–Crippen MR) is 299 cm³/mol. The molecule has 25 nitrogen and oxygen atoms in total. The Morgan fingerprint density at radius 2 is 1.14 bits per heavy atom. The van der Waals surface area contributed by atoms with Gasteiger partial charge < -0.3 is 75.9 Å². The number of hydrogen-bond donors (Lipinski definition) is 12. The number of carbonyl (C=O) groups is 10. The smallest absolute Gasteiger partial charge is 0.245 e. The number of carbonyl (C=O) groups excluding carboxylic acids is 10. The third-order valence-corrected chi connectivity index (χ3v) is 12.8. The minimum Gasteiger partial charge on any atom is -0.494 e. The summed E-state index contributed by atoms with van der Waals surface area (Å²) >= 11 is 0. The minimum atomic E-state index is -1.75. The van der Waals surface area contributed by atoms with Gasteiger partial charge in [-0.05, 0) is 93.7 Å². The number of rotatable bonds is 34. The molecule has 18 N–H and O–H groups in total. The van der Waals surface area contributed by atoms with Crippen molar-refractivity contribution in [3.8, 4) is 5.75 Å². The van der Waals surface area contributed by atoms with Crippen molar-refractivity contribution in [3.63, 3.8) is 0 Å². The van der Waals surface area contributed by atoms with Crippen LogP contribution in [0.4, 0.5) is 0 Å². The lowest BCUT2D eigenvalue weighted by Crippen LogP contribution is -2.60. The molecule has 7 atom stereocenters. The molecule has 1 fully saturated rings. The number of aliphatic imine (C=N–C) groups is 1. The lowest BCUT2D eigenvalue weighted by atomic mass is 10.0. The maximum atomic E-state index is 14.5. The van der Waals surface area contributed by atoms with Gasteiger partial charge in [0.1, 0.15) is 48.0 Å². The normalized spacial score (nSPS) is 14.9. The summed E-state index contributed by atoms with van der Waals surface area (Å²) in [5.74, 6) is -7.82. The molecule has 1 aliphatic rings. The molecule has 1 heterocycles. The maximum absolute atomic E-state index is 14.5. The molecule has 3 aromatic carbocycles. The standard InChI is InChI=1S/C54H76N14O11.CH4/c1-2-79-36-22-20-35(21-23-36)30-40(62-46(71)31-34-15-7-4-8-16-34)49(74)66-41(29-33-13-5-3-6-14-33)50(75)64-38(24-25-44(56)69)48(73)67-42(32-45(57)70)51(76)65-39(17-9-10-26-55)53(78)68-28-12-19-43(68)52(77)63-37(47(58)72)18-11-27-61-54(59)60;/h3-8,13-16,20-23,37-43H,2,9-12,17-19,24-32,55H2,1H3,(H2,56,69)(H2,57,70)(H2,58,72)(H,62,71)(H,63,77)(H,64,75)(H,65,76)(H,66,74)(H,67,73)(H4,59,60,61);1H4/t37-,38-,39-,40+,41-,42-,43-;/m0./s1. The fourth-order valence-electron chi connectivity index (χ4n) is 8.78. The van der Waals surface area contributed by atoms with Gasteiger partial charge in [0.25, 0.3) is 0 Å². The summed E-state index contributed by atoms with van der Waals surface area (Å²) in [7, 11) is 0. The van der Waals surface area contributed by atoms with Gasteiger partial charge in [-0.25, -0.2) is 0 Å². The molecule has 80 heavy (non-hydrogen) atoms. The van der Waals surface area contributed by atoms with Gasteiger partial charge in [-0.3, -0.25) is 52.9 Å². The summed E-state index contributed by atoms with van der Waals surface area (Å²) in [5, 5.41) is 15.8. The highest BCUT2D eigenvalue weighted by Crippen LogP contribution is 2.21. The quantitative estimate of drug-likeness (QED) is 0.0183. The van der Waals surface area contributed by atoms with E-state index >= 15 is 0 Å². The molecule has 1 saturated heterocycles. The zero-order chi connectivity index (χ0) is 57.9. The third kappa shape index (κ3) is 22.8. The van der Waals surface area contributed by atoms with E-state index in [2.05, 4.69) is 36.9 Å². The molecule has 0 aliphatic carbocycles. The van der Waals surface area contributed by atoms with E-state index in [4.69, 9.17) is 39.1 Å². The number of benzene rings is 3. The number of ether oxygens (including phenoxy) is 1. The Bertz CT molecular complexity index is 2570. The number of nitrogens with two attached hydrogens (primary N) is 6. The molecule has 0 radical (unpaired) electrons. The summed E-state index contributed by atoms with van der Waals surface area (Å²) in [6, 6.07) is 14.9. The second kappa shape index (κ2) is 34.3. The lowest BCUT2D eigenvalue weighted by Gasteiger charge is -2.31. The number of amides is 10. The Morgan fingerprint density at radius 3 is 1.71 bits per heavy atom. The largest absolute Gasteiger partial charge is 0.494 e. The Kier molecular flexibility index (Phi) is 28.2. The molecular weight excluding hydrogens is 1030 g/mol. The highest BCUT2D eigenvalue weighted by molar-refractivity contribution is 5.99. The number of unbranched alkanes of at least 4 members (excludes halogenated alkanes) is 1. The van der Waals surface area contributed by atoms with Crippen LogP contribution >= 0.6 is 0 Å². The topological polar surface area (TPSA) is 424 Å². The first-order chi connectivity index (χ1) is 37.8. The third-order valence-electron chi connectivity index (χ3n) is 12.8. The molecule has 436 valence electrons. The molecule has 3 aromatic rings. The fraction of sp³-hybridized carbons (Fsp3) is 0.473. The SMILES string of the molecule is C.CCOc1ccc(C[C@@H](NC(=O)Cc2ccccc2)C(=O)N[C@@H](Cc2ccccc2)C(=O)N[C@@H](CCC(N)=O)C(=O)N[C@@H](CC(N)=O)C(=O)N[C@@H](CCCCN)C(=O)N2CCC[C@H]2C(=O)N[C@@H](CCCN=C(N)N)C(N)=O)cc1. The van der Waals surface area contributed by atoms with Crippen LogP contribution in [0.5, 0.6) is 5.75 Å². The van der Waals surface area contributed by atoms with Gasteiger partial charge >= 0.3 is 0 Å². The van der Waals surface area contributed by atoms with Crippen LogP contribution in [0, 0.1) is 0 Å². The Labute approximate surface area is 466 Å². The van der Waals surface area contributed by atoms with E-state index in [-0.39, 0.29) is 71.5 Å². The van der Waals surface area contributed by atoms with Crippen molar-refractivity contribution < 1.29 is 52.7 Å². The van der Waals surface area contributed by atoms with E-state index in [9.17, 15) is 47.9 Å². The fourth-order valence-corrected chi connectivity index (χ4v) is 8.78. The minimum absolute atomic E-state index is 0. The van der Waals surface area contributed by atoms with Crippen molar-refractivity contribution in [1.82, 2.24) is 36.8 Å². The van der Waals surface area contributed by atoms with Crippen molar-refractivity contribution in [2.24, 2.45) is 39.4 Å². The van der Waals surface area contributed by atoms with Crippen LogP contribution in [-0.4, -0.2) is 138 Å². The number of nitrogens with one attached hydrogen (secondary N) is 6. The van der Waals surface area contributed by atoms with Crippen molar-refractivity contribution in [2.45, 2.75) is 140 Å². The van der Waals surface area contributed by atoms with E-state index in [0.29, 0.717) is 54.7 Å². The Hall–Kier alpha value is -8.61. The van der Waals surface area contributed by atoms with Gasteiger partial charge in [0.2, 0.25) is 59.1 Å². The zero-order valence-corrected chi connectivity index (χ0v) is 44.5. The molecule has 1 aliphatic heterocycles. The van der Waals surface area contributed by atoms with Gasteiger partial charge in [0.05, 0.1) is 19.4 Å². The number of likely N-dealkylation sites (tertiary alicyclic amines) is 1. The van der Waals surface area contributed by atoms with Crippen LogP contribution in [0.1, 0.15) is 95.2 Å². The summed E-state index contributed by atoms with van der Waals surface area (Å²) in [5.41, 5.74) is 35.1. The molecule has 0 bridgehead atoms. The average Bonchev–Trinajstić information content (AvgIpc) is 3.91. The molecule has 4 rings (SSSR count). The van der Waals surface area contributed by atoms with Crippen molar-refractivity contribution in [3.05, 3.63) is 102 Å². The molecule has 0 spiro atoms. The van der Waals surface area contributed by atoms with E-state index in [1.807, 2.05) is 6.92 Å². The summed E-state index contributed by atoms with van der Waals surface area (Å²) in [4.78, 5) is 141. The summed E-state index contributed by atoms with van der Waals surface area (Å²) < 4.78 is 5.57. The highest BCUT2D eigenvalue weighted by atomic mass is 16.5. The number of primary amides is 3. The average molecular weight is 1110 g/mol. The van der Waals surface area contributed by atoms with Gasteiger partial charge in [0.15, 0.2) is 5.96 Å².